The molecule has 1 saturated heterocycles. The summed E-state index contributed by atoms with van der Waals surface area (Å²) >= 11 is 12.5. The van der Waals surface area contributed by atoms with Crippen LogP contribution in [0.25, 0.3) is 11.1 Å². The Morgan fingerprint density at radius 1 is 1.00 bits per heavy atom. The van der Waals surface area contributed by atoms with E-state index in [2.05, 4.69) is 9.80 Å². The fourth-order valence-electron chi connectivity index (χ4n) is 4.35. The third kappa shape index (κ3) is 6.45. The average Bonchev–Trinajstić information content (AvgIpc) is 2.90. The molecule has 0 atom stereocenters. The second kappa shape index (κ2) is 12.3. The molecule has 1 fully saturated rings. The van der Waals surface area contributed by atoms with Crippen molar-refractivity contribution >= 4 is 46.6 Å². The molecular weight excluding hydrogens is 530 g/mol. The number of carboxylic acid groups (broad SMARTS) is 1. The predicted octanol–water partition coefficient (Wildman–Crippen LogP) is 5.76. The third-order valence-corrected chi connectivity index (χ3v) is 7.22. The SMILES string of the molecule is NC(=O)c1cccc(-c2ccc(N(C/C=C/CN3CCN(c4cccc(Cl)c4Cl)CC3)C(=O)O)cc2F)c1. The van der Waals surface area contributed by atoms with Crippen molar-refractivity contribution in [3.63, 3.8) is 0 Å². The summed E-state index contributed by atoms with van der Waals surface area (Å²) in [6.45, 7) is 3.96. The normalized spacial score (nSPS) is 14.1. The second-order valence-electron chi connectivity index (χ2n) is 8.83. The molecule has 38 heavy (non-hydrogen) atoms. The van der Waals surface area contributed by atoms with Crippen molar-refractivity contribution in [3.8, 4) is 11.1 Å². The van der Waals surface area contributed by atoms with Gasteiger partial charge in [0.05, 0.1) is 21.4 Å². The first-order chi connectivity index (χ1) is 18.2. The Morgan fingerprint density at radius 3 is 2.42 bits per heavy atom. The minimum absolute atomic E-state index is 0.0728. The van der Waals surface area contributed by atoms with Crippen LogP contribution in [0.2, 0.25) is 10.0 Å². The quantitative estimate of drug-likeness (QED) is 0.344. The summed E-state index contributed by atoms with van der Waals surface area (Å²) in [4.78, 5) is 28.9. The topological polar surface area (TPSA) is 90.1 Å². The lowest BCUT2D eigenvalue weighted by atomic mass is 10.0. The maximum absolute atomic E-state index is 14.9. The zero-order valence-corrected chi connectivity index (χ0v) is 22.0. The summed E-state index contributed by atoms with van der Waals surface area (Å²) < 4.78 is 14.9. The Kier molecular flexibility index (Phi) is 8.89. The fourth-order valence-corrected chi connectivity index (χ4v) is 4.77. The number of hydrogen-bond acceptors (Lipinski definition) is 4. The van der Waals surface area contributed by atoms with Gasteiger partial charge in [0.1, 0.15) is 5.82 Å². The minimum atomic E-state index is -1.19. The van der Waals surface area contributed by atoms with E-state index in [1.165, 1.54) is 24.3 Å². The Labute approximate surface area is 230 Å². The molecule has 198 valence electrons. The molecule has 4 rings (SSSR count). The molecule has 0 aromatic heterocycles. The number of nitrogens with zero attached hydrogens (tertiary/aromatic N) is 3. The highest BCUT2D eigenvalue weighted by atomic mass is 35.5. The van der Waals surface area contributed by atoms with Crippen molar-refractivity contribution in [2.75, 3.05) is 49.1 Å². The number of carbonyl (C=O) groups is 2. The number of halogens is 3. The van der Waals surface area contributed by atoms with E-state index in [4.69, 9.17) is 28.9 Å². The molecule has 7 nitrogen and oxygen atoms in total. The van der Waals surface area contributed by atoms with Gasteiger partial charge < -0.3 is 15.7 Å². The first-order valence-electron chi connectivity index (χ1n) is 12.0. The van der Waals surface area contributed by atoms with E-state index >= 15 is 0 Å². The van der Waals surface area contributed by atoms with Gasteiger partial charge in [0.2, 0.25) is 5.91 Å². The number of hydrogen-bond donors (Lipinski definition) is 2. The van der Waals surface area contributed by atoms with E-state index in [1.54, 1.807) is 30.3 Å². The van der Waals surface area contributed by atoms with Gasteiger partial charge in [-0.25, -0.2) is 9.18 Å². The molecule has 2 amide bonds. The fraction of sp³-hybridized carbons (Fsp3) is 0.214. The van der Waals surface area contributed by atoms with Gasteiger partial charge in [-0.2, -0.15) is 0 Å². The number of piperazine rings is 1. The maximum atomic E-state index is 14.9. The minimum Gasteiger partial charge on any atom is -0.465 e. The van der Waals surface area contributed by atoms with Crippen LogP contribution >= 0.6 is 23.2 Å². The molecule has 3 N–H and O–H groups in total. The van der Waals surface area contributed by atoms with Gasteiger partial charge in [-0.15, -0.1) is 0 Å². The second-order valence-corrected chi connectivity index (χ2v) is 9.62. The average molecular weight is 557 g/mol. The highest BCUT2D eigenvalue weighted by molar-refractivity contribution is 6.43. The Morgan fingerprint density at radius 2 is 1.74 bits per heavy atom. The van der Waals surface area contributed by atoms with Crippen LogP contribution in [0.4, 0.5) is 20.6 Å². The van der Waals surface area contributed by atoms with Crippen LogP contribution in [0.5, 0.6) is 0 Å². The third-order valence-electron chi connectivity index (χ3n) is 6.42. The summed E-state index contributed by atoms with van der Waals surface area (Å²) in [5, 5.41) is 10.8. The first kappa shape index (κ1) is 27.4. The van der Waals surface area contributed by atoms with Gasteiger partial charge in [0.25, 0.3) is 0 Å². The predicted molar refractivity (Wildman–Crippen MR) is 150 cm³/mol. The first-order valence-corrected chi connectivity index (χ1v) is 12.8. The van der Waals surface area contributed by atoms with E-state index in [1.807, 2.05) is 18.2 Å². The van der Waals surface area contributed by atoms with Crippen LogP contribution in [0.1, 0.15) is 10.4 Å². The van der Waals surface area contributed by atoms with Gasteiger partial charge >= 0.3 is 6.09 Å². The lowest BCUT2D eigenvalue weighted by molar-refractivity contribution is 0.1000. The van der Waals surface area contributed by atoms with Gasteiger partial charge in [0, 0.05) is 50.4 Å². The molecule has 1 aliphatic heterocycles. The Balaban J connectivity index is 1.35. The molecule has 0 unspecified atom stereocenters. The largest absolute Gasteiger partial charge is 0.465 e. The van der Waals surface area contributed by atoms with Crippen LogP contribution in [-0.2, 0) is 0 Å². The number of primary amides is 1. The van der Waals surface area contributed by atoms with E-state index < -0.39 is 17.8 Å². The molecule has 0 aliphatic carbocycles. The van der Waals surface area contributed by atoms with Crippen molar-refractivity contribution in [3.05, 3.63) is 94.2 Å². The molecule has 3 aromatic rings. The molecule has 0 radical (unpaired) electrons. The van der Waals surface area contributed by atoms with Crippen molar-refractivity contribution in [2.45, 2.75) is 0 Å². The van der Waals surface area contributed by atoms with E-state index in [-0.39, 0.29) is 23.4 Å². The highest BCUT2D eigenvalue weighted by Crippen LogP contribution is 2.33. The van der Waals surface area contributed by atoms with Crippen molar-refractivity contribution in [1.82, 2.24) is 4.90 Å². The molecule has 1 heterocycles. The van der Waals surface area contributed by atoms with Crippen LogP contribution < -0.4 is 15.5 Å². The van der Waals surface area contributed by atoms with Crippen LogP contribution in [-0.4, -0.2) is 61.3 Å². The summed E-state index contributed by atoms with van der Waals surface area (Å²) in [6, 6.07) is 16.1. The Hall–Kier alpha value is -3.59. The standard InChI is InChI=1S/C28H27Cl2FN4O3/c29-23-7-4-8-25(26(23)30)34-15-13-33(14-16-34)11-1-2-12-35(28(37)38)21-9-10-22(24(31)18-21)19-5-3-6-20(17-19)27(32)36/h1-10,17-18H,11-16H2,(H2,32,36)(H,37,38)/b2-1+. The van der Waals surface area contributed by atoms with Crippen molar-refractivity contribution in [2.24, 2.45) is 5.73 Å². The van der Waals surface area contributed by atoms with Crippen LogP contribution in [0.15, 0.2) is 72.8 Å². The van der Waals surface area contributed by atoms with Crippen molar-refractivity contribution < 1.29 is 19.1 Å². The van der Waals surface area contributed by atoms with Crippen molar-refractivity contribution in [1.29, 1.82) is 0 Å². The zero-order valence-electron chi connectivity index (χ0n) is 20.5. The molecule has 1 aliphatic rings. The lowest BCUT2D eigenvalue weighted by Crippen LogP contribution is -2.46. The summed E-state index contributed by atoms with van der Waals surface area (Å²) in [6.07, 6.45) is 2.48. The van der Waals surface area contributed by atoms with Gasteiger partial charge in [-0.3, -0.25) is 14.6 Å². The molecule has 0 spiro atoms. The maximum Gasteiger partial charge on any atom is 0.412 e. The van der Waals surface area contributed by atoms with Crippen LogP contribution in [0.3, 0.4) is 0 Å². The van der Waals surface area contributed by atoms with Crippen LogP contribution in [0, 0.1) is 5.82 Å². The highest BCUT2D eigenvalue weighted by Gasteiger charge is 2.20. The van der Waals surface area contributed by atoms with E-state index in [0.29, 0.717) is 22.2 Å². The molecule has 0 saturated carbocycles. The van der Waals surface area contributed by atoms with E-state index in [9.17, 15) is 19.1 Å². The zero-order chi connectivity index (χ0) is 27.2. The molecule has 10 heteroatoms. The number of amides is 2. The van der Waals surface area contributed by atoms with Gasteiger partial charge in [-0.05, 0) is 48.0 Å². The Bertz CT molecular complexity index is 1360. The number of benzene rings is 3. The monoisotopic (exact) mass is 556 g/mol. The molecular formula is C28H27Cl2FN4O3. The van der Waals surface area contributed by atoms with Gasteiger partial charge in [-0.1, -0.05) is 53.6 Å². The summed E-state index contributed by atoms with van der Waals surface area (Å²) in [7, 11) is 0. The van der Waals surface area contributed by atoms with E-state index in [0.717, 1.165) is 36.8 Å². The number of rotatable bonds is 8. The summed E-state index contributed by atoms with van der Waals surface area (Å²) in [5.74, 6) is -1.21. The molecule has 3 aromatic carbocycles. The molecule has 0 bridgehead atoms. The van der Waals surface area contributed by atoms with Gasteiger partial charge in [0.15, 0.2) is 0 Å². The number of nitrogens with two attached hydrogens (primary N) is 1. The summed E-state index contributed by atoms with van der Waals surface area (Å²) in [5.41, 5.74) is 7.43. The number of carbonyl (C=O) groups excluding carboxylic acids is 1. The lowest BCUT2D eigenvalue weighted by Gasteiger charge is -2.36. The smallest absolute Gasteiger partial charge is 0.412 e. The number of anilines is 2.